The molecule has 0 aliphatic carbocycles. The SMILES string of the molecule is Fc1[c]ccc2cocc12. The van der Waals surface area contributed by atoms with E-state index in [0.29, 0.717) is 5.39 Å². The van der Waals surface area contributed by atoms with Gasteiger partial charge in [0.1, 0.15) is 12.1 Å². The predicted octanol–water partition coefficient (Wildman–Crippen LogP) is 2.37. The molecule has 1 radical (unpaired) electrons. The highest BCUT2D eigenvalue weighted by Crippen LogP contribution is 2.17. The average Bonchev–Trinajstić information content (AvgIpc) is 2.36. The largest absolute Gasteiger partial charge is 0.471 e. The van der Waals surface area contributed by atoms with Gasteiger partial charge in [-0.3, -0.25) is 0 Å². The molecule has 2 rings (SSSR count). The maximum absolute atomic E-state index is 12.7. The molecule has 0 bridgehead atoms. The van der Waals surface area contributed by atoms with Crippen LogP contribution in [-0.4, -0.2) is 0 Å². The third-order valence-corrected chi connectivity index (χ3v) is 1.40. The van der Waals surface area contributed by atoms with Crippen LogP contribution >= 0.6 is 0 Å². The van der Waals surface area contributed by atoms with Crippen molar-refractivity contribution in [1.29, 1.82) is 0 Å². The van der Waals surface area contributed by atoms with E-state index in [9.17, 15) is 4.39 Å². The normalized spacial score (nSPS) is 10.5. The third-order valence-electron chi connectivity index (χ3n) is 1.40. The van der Waals surface area contributed by atoms with Gasteiger partial charge in [0.05, 0.1) is 11.6 Å². The van der Waals surface area contributed by atoms with E-state index < -0.39 is 0 Å². The second-order valence-electron chi connectivity index (χ2n) is 2.03. The molecule has 0 saturated heterocycles. The Balaban J connectivity index is 2.95. The monoisotopic (exact) mass is 135 g/mol. The van der Waals surface area contributed by atoms with E-state index in [1.165, 1.54) is 18.6 Å². The first-order valence-electron chi connectivity index (χ1n) is 2.90. The molecule has 10 heavy (non-hydrogen) atoms. The summed E-state index contributed by atoms with van der Waals surface area (Å²) in [7, 11) is 0. The van der Waals surface area contributed by atoms with Crippen LogP contribution in [0.4, 0.5) is 4.39 Å². The molecule has 49 valence electrons. The molecule has 0 saturated carbocycles. The Morgan fingerprint density at radius 3 is 3.10 bits per heavy atom. The molecular weight excluding hydrogens is 131 g/mol. The van der Waals surface area contributed by atoms with Crippen molar-refractivity contribution in [1.82, 2.24) is 0 Å². The van der Waals surface area contributed by atoms with Crippen LogP contribution in [0.15, 0.2) is 29.1 Å². The number of benzene rings is 1. The lowest BCUT2D eigenvalue weighted by Gasteiger charge is -1.85. The second-order valence-corrected chi connectivity index (χ2v) is 2.03. The summed E-state index contributed by atoms with van der Waals surface area (Å²) in [4.78, 5) is 0. The van der Waals surface area contributed by atoms with Crippen molar-refractivity contribution >= 4 is 10.8 Å². The number of hydrogen-bond acceptors (Lipinski definition) is 1. The maximum atomic E-state index is 12.7. The van der Waals surface area contributed by atoms with Crippen LogP contribution in [-0.2, 0) is 0 Å². The van der Waals surface area contributed by atoms with Crippen molar-refractivity contribution in [3.8, 4) is 0 Å². The fourth-order valence-electron chi connectivity index (χ4n) is 0.897. The van der Waals surface area contributed by atoms with Gasteiger partial charge in [0, 0.05) is 11.5 Å². The first kappa shape index (κ1) is 5.47. The topological polar surface area (TPSA) is 13.1 Å². The summed E-state index contributed by atoms with van der Waals surface area (Å²) >= 11 is 0. The minimum Gasteiger partial charge on any atom is -0.471 e. The lowest BCUT2D eigenvalue weighted by molar-refractivity contribution is 0.569. The van der Waals surface area contributed by atoms with Crippen LogP contribution in [0.1, 0.15) is 0 Å². The molecule has 1 nitrogen and oxygen atoms in total. The predicted molar refractivity (Wildman–Crippen MR) is 35.0 cm³/mol. The molecule has 2 aromatic rings. The molecule has 1 aromatic heterocycles. The zero-order valence-corrected chi connectivity index (χ0v) is 5.10. The van der Waals surface area contributed by atoms with Crippen molar-refractivity contribution in [2.45, 2.75) is 0 Å². The van der Waals surface area contributed by atoms with Gasteiger partial charge >= 0.3 is 0 Å². The molecule has 0 unspecified atom stereocenters. The Kier molecular flexibility index (Phi) is 1.01. The Labute approximate surface area is 57.1 Å². The number of rotatable bonds is 0. The molecule has 0 atom stereocenters. The van der Waals surface area contributed by atoms with Crippen LogP contribution < -0.4 is 0 Å². The van der Waals surface area contributed by atoms with E-state index in [-0.39, 0.29) is 5.82 Å². The highest BCUT2D eigenvalue weighted by molar-refractivity contribution is 5.81. The van der Waals surface area contributed by atoms with E-state index in [0.717, 1.165) is 5.39 Å². The van der Waals surface area contributed by atoms with Gasteiger partial charge in [0.25, 0.3) is 0 Å². The number of halogens is 1. The van der Waals surface area contributed by atoms with Crippen LogP contribution in [0.3, 0.4) is 0 Å². The minimum absolute atomic E-state index is 0.355. The fourth-order valence-corrected chi connectivity index (χ4v) is 0.897. The second kappa shape index (κ2) is 1.84. The molecule has 1 heterocycles. The molecule has 0 N–H and O–H groups in total. The van der Waals surface area contributed by atoms with Gasteiger partial charge in [0.2, 0.25) is 0 Å². The molecule has 1 aromatic carbocycles. The zero-order chi connectivity index (χ0) is 6.97. The summed E-state index contributed by atoms with van der Waals surface area (Å²) < 4.78 is 17.5. The first-order valence-corrected chi connectivity index (χ1v) is 2.90. The minimum atomic E-state index is -0.355. The van der Waals surface area contributed by atoms with Gasteiger partial charge in [-0.15, -0.1) is 0 Å². The van der Waals surface area contributed by atoms with Crippen molar-refractivity contribution in [3.63, 3.8) is 0 Å². The Morgan fingerprint density at radius 2 is 2.30 bits per heavy atom. The van der Waals surface area contributed by atoms with Gasteiger partial charge in [-0.1, -0.05) is 12.1 Å². The summed E-state index contributed by atoms with van der Waals surface area (Å²) in [5, 5.41) is 1.26. The molecule has 0 amide bonds. The van der Waals surface area contributed by atoms with E-state index in [2.05, 4.69) is 6.07 Å². The quantitative estimate of drug-likeness (QED) is 0.540. The van der Waals surface area contributed by atoms with E-state index in [1.54, 1.807) is 6.07 Å². The summed E-state index contributed by atoms with van der Waals surface area (Å²) in [6.07, 6.45) is 2.88. The Morgan fingerprint density at radius 1 is 1.40 bits per heavy atom. The molecule has 2 heteroatoms. The van der Waals surface area contributed by atoms with Crippen LogP contribution in [0, 0.1) is 11.9 Å². The number of furan rings is 1. The summed E-state index contributed by atoms with van der Waals surface area (Å²) in [5.41, 5.74) is 0. The molecule has 0 spiro atoms. The van der Waals surface area contributed by atoms with Crippen LogP contribution in [0.5, 0.6) is 0 Å². The lowest BCUT2D eigenvalue weighted by Crippen LogP contribution is -1.71. The standard InChI is InChI=1S/C8H4FO/c9-8-3-1-2-6-4-10-5-7(6)8/h1-2,4-5H. The third kappa shape index (κ3) is 0.620. The fraction of sp³-hybridized carbons (Fsp3) is 0. The highest BCUT2D eigenvalue weighted by Gasteiger charge is 1.99. The molecule has 0 fully saturated rings. The number of fused-ring (bicyclic) bond motifs is 1. The average molecular weight is 135 g/mol. The van der Waals surface area contributed by atoms with Crippen molar-refractivity contribution in [2.24, 2.45) is 0 Å². The van der Waals surface area contributed by atoms with Gasteiger partial charge < -0.3 is 4.42 Å². The van der Waals surface area contributed by atoms with Gasteiger partial charge in [-0.25, -0.2) is 4.39 Å². The lowest BCUT2D eigenvalue weighted by atomic mass is 10.2. The molecular formula is C8H4FO. The highest BCUT2D eigenvalue weighted by atomic mass is 19.1. The zero-order valence-electron chi connectivity index (χ0n) is 5.10. The number of hydrogen-bond donors (Lipinski definition) is 0. The van der Waals surface area contributed by atoms with E-state index >= 15 is 0 Å². The maximum Gasteiger partial charge on any atom is 0.142 e. The van der Waals surface area contributed by atoms with Gasteiger partial charge in [0.15, 0.2) is 0 Å². The summed E-state index contributed by atoms with van der Waals surface area (Å²) in [6.45, 7) is 0. The first-order chi connectivity index (χ1) is 4.88. The molecule has 0 aliphatic rings. The van der Waals surface area contributed by atoms with Gasteiger partial charge in [-0.05, 0) is 0 Å². The van der Waals surface area contributed by atoms with E-state index in [4.69, 9.17) is 4.42 Å². The van der Waals surface area contributed by atoms with Crippen LogP contribution in [0.25, 0.3) is 10.8 Å². The Bertz CT molecular complexity index is 351. The summed E-state index contributed by atoms with van der Waals surface area (Å²) in [5.74, 6) is -0.355. The van der Waals surface area contributed by atoms with Crippen molar-refractivity contribution in [2.75, 3.05) is 0 Å². The van der Waals surface area contributed by atoms with Crippen molar-refractivity contribution < 1.29 is 8.81 Å². The van der Waals surface area contributed by atoms with Gasteiger partial charge in [-0.2, -0.15) is 0 Å². The van der Waals surface area contributed by atoms with Crippen LogP contribution in [0.2, 0.25) is 0 Å². The molecule has 0 aliphatic heterocycles. The summed E-state index contributed by atoms with van der Waals surface area (Å²) in [6, 6.07) is 5.72. The van der Waals surface area contributed by atoms with E-state index in [1.807, 2.05) is 0 Å². The Hall–Kier alpha value is -1.31. The smallest absolute Gasteiger partial charge is 0.142 e. The van der Waals surface area contributed by atoms with Crippen molar-refractivity contribution in [3.05, 3.63) is 36.5 Å².